The van der Waals surface area contributed by atoms with Gasteiger partial charge in [-0.15, -0.1) is 0 Å². The van der Waals surface area contributed by atoms with Crippen molar-refractivity contribution >= 4 is 23.7 Å². The Morgan fingerprint density at radius 2 is 1.81 bits per heavy atom. The number of hydrogen-bond acceptors (Lipinski definition) is 6. The van der Waals surface area contributed by atoms with Crippen LogP contribution in [0.2, 0.25) is 0 Å². The zero-order valence-corrected chi connectivity index (χ0v) is 21.4. The fourth-order valence-electron chi connectivity index (χ4n) is 4.96. The van der Waals surface area contributed by atoms with Crippen LogP contribution in [0.25, 0.3) is 0 Å². The fourth-order valence-corrected chi connectivity index (χ4v) is 4.96. The van der Waals surface area contributed by atoms with E-state index in [4.69, 9.17) is 9.47 Å². The van der Waals surface area contributed by atoms with E-state index in [1.807, 2.05) is 20.8 Å². The molecule has 0 aliphatic heterocycles. The maximum Gasteiger partial charge on any atom is 0.338 e. The average molecular weight is 495 g/mol. The minimum atomic E-state index is -1.04. The lowest BCUT2D eigenvalue weighted by Crippen LogP contribution is -2.33. The van der Waals surface area contributed by atoms with Crippen LogP contribution in [0.3, 0.4) is 0 Å². The molecule has 1 fully saturated rings. The van der Waals surface area contributed by atoms with Gasteiger partial charge in [-0.05, 0) is 48.6 Å². The highest BCUT2D eigenvalue weighted by Gasteiger charge is 2.57. The van der Waals surface area contributed by atoms with E-state index < -0.39 is 30.1 Å². The molecule has 0 heterocycles. The first-order valence-electron chi connectivity index (χ1n) is 12.1. The molecule has 1 aromatic carbocycles. The highest BCUT2D eigenvalue weighted by molar-refractivity contribution is 6.00. The van der Waals surface area contributed by atoms with E-state index in [0.29, 0.717) is 29.6 Å². The van der Waals surface area contributed by atoms with Crippen LogP contribution in [0.1, 0.15) is 57.8 Å². The van der Waals surface area contributed by atoms with Crippen molar-refractivity contribution < 1.29 is 33.8 Å². The van der Waals surface area contributed by atoms with Crippen LogP contribution < -0.4 is 0 Å². The van der Waals surface area contributed by atoms with Crippen LogP contribution >= 0.6 is 0 Å². The van der Waals surface area contributed by atoms with Crippen molar-refractivity contribution in [3.8, 4) is 0 Å². The van der Waals surface area contributed by atoms with Crippen LogP contribution in [0.5, 0.6) is 0 Å². The van der Waals surface area contributed by atoms with Crippen molar-refractivity contribution in [1.29, 1.82) is 0 Å². The number of esters is 2. The van der Waals surface area contributed by atoms with Crippen molar-refractivity contribution in [3.63, 3.8) is 0 Å². The van der Waals surface area contributed by atoms with E-state index in [0.717, 1.165) is 0 Å². The first-order chi connectivity index (χ1) is 16.8. The van der Waals surface area contributed by atoms with Crippen molar-refractivity contribution in [2.75, 3.05) is 0 Å². The lowest BCUT2D eigenvalue weighted by molar-refractivity contribution is -0.144. The summed E-state index contributed by atoms with van der Waals surface area (Å²) in [6.45, 7) is 12.9. The van der Waals surface area contributed by atoms with E-state index >= 15 is 0 Å². The van der Waals surface area contributed by atoms with Gasteiger partial charge in [0.2, 0.25) is 0 Å². The van der Waals surface area contributed by atoms with Crippen LogP contribution in [0.4, 0.5) is 0 Å². The molecule has 0 amide bonds. The molecule has 3 rings (SSSR count). The molecule has 0 radical (unpaired) electrons. The Hall–Kier alpha value is -3.48. The second-order valence-corrected chi connectivity index (χ2v) is 10.4. The Morgan fingerprint density at radius 3 is 2.33 bits per heavy atom. The molecule has 1 aromatic rings. The number of hydrogen-bond donors (Lipinski definition) is 1. The minimum absolute atomic E-state index is 0.000413. The van der Waals surface area contributed by atoms with Gasteiger partial charge in [0.15, 0.2) is 11.9 Å². The quantitative estimate of drug-likeness (QED) is 0.279. The topological polar surface area (TPSA) is 107 Å². The summed E-state index contributed by atoms with van der Waals surface area (Å²) in [4.78, 5) is 49.0. The first kappa shape index (κ1) is 27.1. The molecule has 7 heteroatoms. The third kappa shape index (κ3) is 6.01. The highest BCUT2D eigenvalue weighted by atomic mass is 16.6. The monoisotopic (exact) mass is 494 g/mol. The zero-order chi connectivity index (χ0) is 26.8. The van der Waals surface area contributed by atoms with Crippen LogP contribution in [-0.4, -0.2) is 41.0 Å². The Kier molecular flexibility index (Phi) is 8.02. The highest BCUT2D eigenvalue weighted by Crippen LogP contribution is 2.62. The summed E-state index contributed by atoms with van der Waals surface area (Å²) in [5.41, 5.74) is 1.03. The van der Waals surface area contributed by atoms with Crippen LogP contribution in [0, 0.1) is 23.2 Å². The number of allylic oxidation sites excluding steroid dienone is 2. The van der Waals surface area contributed by atoms with E-state index in [2.05, 4.69) is 6.58 Å². The number of carbonyl (C=O) groups is 4. The number of carboxylic acid groups (broad SMARTS) is 1. The molecule has 0 aromatic heterocycles. The lowest BCUT2D eigenvalue weighted by Gasteiger charge is -2.27. The number of aliphatic carboxylic acids is 1. The van der Waals surface area contributed by atoms with E-state index in [-0.39, 0.29) is 34.5 Å². The molecule has 0 bridgehead atoms. The van der Waals surface area contributed by atoms with Crippen LogP contribution in [0.15, 0.2) is 65.8 Å². The standard InChI is InChI=1S/C29H34O7/c1-16-12-21(24(31)13-16)26(35-19(4)30)18(3)25(36-28(34)20-10-8-7-9-11-20)15-23-22(29(23,5)6)14-17(2)27(32)33/h7-12,14,16,22-23,25-26H,3,13,15H2,1-2,4-6H3,(H,32,33)/b17-14+/t16-,22-,23+,25-,26+/m1/s1. The fraction of sp³-hybridized carbons (Fsp3) is 0.448. The number of ketones is 1. The molecule has 0 spiro atoms. The molecule has 192 valence electrons. The summed E-state index contributed by atoms with van der Waals surface area (Å²) in [5.74, 6) is -2.31. The third-order valence-corrected chi connectivity index (χ3v) is 7.24. The molecule has 36 heavy (non-hydrogen) atoms. The zero-order valence-electron chi connectivity index (χ0n) is 21.4. The van der Waals surface area contributed by atoms with Gasteiger partial charge in [-0.1, -0.05) is 57.7 Å². The third-order valence-electron chi connectivity index (χ3n) is 7.24. The molecule has 1 N–H and O–H groups in total. The van der Waals surface area contributed by atoms with Gasteiger partial charge >= 0.3 is 17.9 Å². The predicted molar refractivity (Wildman–Crippen MR) is 134 cm³/mol. The van der Waals surface area contributed by atoms with Crippen molar-refractivity contribution in [2.24, 2.45) is 23.2 Å². The largest absolute Gasteiger partial charge is 0.478 e. The van der Waals surface area contributed by atoms with Gasteiger partial charge in [-0.3, -0.25) is 9.59 Å². The summed E-state index contributed by atoms with van der Waals surface area (Å²) in [7, 11) is 0. The second kappa shape index (κ2) is 10.6. The summed E-state index contributed by atoms with van der Waals surface area (Å²) in [6, 6.07) is 8.52. The number of ether oxygens (including phenoxy) is 2. The number of Topliss-reactive ketones (excluding diaryl/α,β-unsaturated/α-hetero) is 1. The van der Waals surface area contributed by atoms with Crippen molar-refractivity contribution in [1.82, 2.24) is 0 Å². The molecule has 5 atom stereocenters. The molecular weight excluding hydrogens is 460 g/mol. The van der Waals surface area contributed by atoms with Gasteiger partial charge in [0.25, 0.3) is 0 Å². The summed E-state index contributed by atoms with van der Waals surface area (Å²) in [6.07, 6.45) is 2.27. The average Bonchev–Trinajstić information content (AvgIpc) is 3.12. The summed E-state index contributed by atoms with van der Waals surface area (Å²) < 4.78 is 11.5. The molecule has 2 aliphatic rings. The molecule has 2 aliphatic carbocycles. The van der Waals surface area contributed by atoms with Crippen molar-refractivity contribution in [2.45, 2.75) is 59.7 Å². The van der Waals surface area contributed by atoms with E-state index in [1.54, 1.807) is 49.4 Å². The Bertz CT molecular complexity index is 1130. The molecule has 7 nitrogen and oxygen atoms in total. The maximum absolute atomic E-state index is 13.0. The lowest BCUT2D eigenvalue weighted by atomic mass is 9.92. The Morgan fingerprint density at radius 1 is 1.17 bits per heavy atom. The molecular formula is C29H34O7. The summed E-state index contributed by atoms with van der Waals surface area (Å²) in [5, 5.41) is 9.32. The SMILES string of the molecule is C=C([C@H](OC(C)=O)C1=C[C@@H](C)CC1=O)[C@@H](C[C@H]1[C@@H](/C=C(\C)C(=O)O)C1(C)C)OC(=O)c1ccccc1. The smallest absolute Gasteiger partial charge is 0.338 e. The van der Waals surface area contributed by atoms with Crippen molar-refractivity contribution in [3.05, 3.63) is 71.3 Å². The normalized spacial score (nSPS) is 24.4. The second-order valence-electron chi connectivity index (χ2n) is 10.4. The van der Waals surface area contributed by atoms with E-state index in [9.17, 15) is 24.3 Å². The first-order valence-corrected chi connectivity index (χ1v) is 12.1. The Balaban J connectivity index is 1.93. The molecule has 0 unspecified atom stereocenters. The number of carboxylic acids is 1. The number of carbonyl (C=O) groups excluding carboxylic acids is 3. The summed E-state index contributed by atoms with van der Waals surface area (Å²) >= 11 is 0. The van der Waals surface area contributed by atoms with Crippen LogP contribution in [-0.2, 0) is 23.9 Å². The van der Waals surface area contributed by atoms with Gasteiger partial charge in [-0.2, -0.15) is 0 Å². The number of benzene rings is 1. The van der Waals surface area contributed by atoms with Gasteiger partial charge in [0, 0.05) is 30.1 Å². The number of rotatable bonds is 10. The van der Waals surface area contributed by atoms with E-state index in [1.165, 1.54) is 6.92 Å². The van der Waals surface area contributed by atoms with Gasteiger partial charge in [-0.25, -0.2) is 9.59 Å². The van der Waals surface area contributed by atoms with Gasteiger partial charge in [0.05, 0.1) is 5.56 Å². The minimum Gasteiger partial charge on any atom is -0.478 e. The Labute approximate surface area is 211 Å². The predicted octanol–water partition coefficient (Wildman–Crippen LogP) is 4.93. The molecule has 1 saturated carbocycles. The van der Waals surface area contributed by atoms with Gasteiger partial charge in [0.1, 0.15) is 6.10 Å². The molecule has 0 saturated heterocycles. The van der Waals surface area contributed by atoms with Gasteiger partial charge < -0.3 is 14.6 Å². The maximum atomic E-state index is 13.0.